The van der Waals surface area contributed by atoms with Crippen LogP contribution in [0, 0.1) is 17.5 Å². The number of hydrogen-bond donors (Lipinski definition) is 3. The average molecular weight is 507 g/mol. The summed E-state index contributed by atoms with van der Waals surface area (Å²) >= 11 is 0. The number of alkyl halides is 1. The van der Waals surface area contributed by atoms with Crippen molar-refractivity contribution in [1.82, 2.24) is 14.8 Å². The smallest absolute Gasteiger partial charge is 0.274 e. The molecule has 1 aliphatic rings. The summed E-state index contributed by atoms with van der Waals surface area (Å²) in [4.78, 5) is 16.8. The molecule has 192 valence electrons. The van der Waals surface area contributed by atoms with Crippen molar-refractivity contribution in [2.24, 2.45) is 12.8 Å². The Hall–Kier alpha value is -3.35. The number of aryl methyl sites for hydroxylation is 1. The third-order valence-corrected chi connectivity index (χ3v) is 6.04. The summed E-state index contributed by atoms with van der Waals surface area (Å²) in [5, 5.41) is 15.7. The van der Waals surface area contributed by atoms with Crippen molar-refractivity contribution in [3.63, 3.8) is 0 Å². The first-order valence-corrected chi connectivity index (χ1v) is 11.3. The molecule has 1 amide bonds. The van der Waals surface area contributed by atoms with E-state index in [1.165, 1.54) is 10.9 Å². The summed E-state index contributed by atoms with van der Waals surface area (Å²) in [6.07, 6.45) is 0.245. The van der Waals surface area contributed by atoms with Crippen LogP contribution in [0.25, 0.3) is 11.3 Å². The normalized spacial score (nSPS) is 20.2. The molecule has 1 saturated heterocycles. The molecule has 1 aliphatic heterocycles. The molecule has 0 unspecified atom stereocenters. The fourth-order valence-corrected chi connectivity index (χ4v) is 4.14. The standard InChI is InChI=1S/C24H25F4N5O3/c1-33-23(20-5-3-17(29)16(28)11-36-20)19(10-30-33)32-24(35)18-4-2-13(25)22(31-18)21-14(26)8-12(6-7-34)9-15(21)27/h2,4,8-10,16-17,20,34H,3,5-7,11,29H2,1H3,(H,32,35)/t16-,17-,20+/m1/s1. The van der Waals surface area contributed by atoms with Gasteiger partial charge in [-0.1, -0.05) is 0 Å². The summed E-state index contributed by atoms with van der Waals surface area (Å²) in [5.41, 5.74) is 5.02. The molecule has 1 aromatic carbocycles. The van der Waals surface area contributed by atoms with Crippen LogP contribution in [0.2, 0.25) is 0 Å². The molecule has 1 fully saturated rings. The van der Waals surface area contributed by atoms with Crippen LogP contribution < -0.4 is 11.1 Å². The quantitative estimate of drug-likeness (QED) is 0.442. The van der Waals surface area contributed by atoms with Gasteiger partial charge in [-0.25, -0.2) is 22.5 Å². The van der Waals surface area contributed by atoms with Crippen LogP contribution in [-0.2, 0) is 18.2 Å². The molecule has 0 saturated carbocycles. The van der Waals surface area contributed by atoms with Gasteiger partial charge in [0.1, 0.15) is 41.1 Å². The summed E-state index contributed by atoms with van der Waals surface area (Å²) in [5.74, 6) is -3.96. The third-order valence-electron chi connectivity index (χ3n) is 6.04. The Morgan fingerprint density at radius 2 is 1.94 bits per heavy atom. The van der Waals surface area contributed by atoms with Crippen LogP contribution in [0.1, 0.15) is 40.7 Å². The predicted octanol–water partition coefficient (Wildman–Crippen LogP) is 3.20. The van der Waals surface area contributed by atoms with Crippen LogP contribution in [0.15, 0.2) is 30.5 Å². The van der Waals surface area contributed by atoms with Gasteiger partial charge in [-0.2, -0.15) is 5.10 Å². The molecule has 4 rings (SSSR count). The largest absolute Gasteiger partial charge is 0.396 e. The Labute approximate surface area is 204 Å². The lowest BCUT2D eigenvalue weighted by molar-refractivity contribution is 0.0247. The van der Waals surface area contributed by atoms with E-state index in [0.29, 0.717) is 18.5 Å². The maximum Gasteiger partial charge on any atom is 0.274 e. The minimum atomic E-state index is -1.32. The van der Waals surface area contributed by atoms with E-state index in [-0.39, 0.29) is 36.6 Å². The van der Waals surface area contributed by atoms with E-state index in [1.807, 2.05) is 0 Å². The highest BCUT2D eigenvalue weighted by Crippen LogP contribution is 2.33. The molecular weight excluding hydrogens is 482 g/mol. The number of nitrogens with two attached hydrogens (primary N) is 1. The number of carbonyl (C=O) groups excluding carboxylic acids is 1. The van der Waals surface area contributed by atoms with Gasteiger partial charge in [0.05, 0.1) is 29.7 Å². The first-order valence-electron chi connectivity index (χ1n) is 11.3. The highest BCUT2D eigenvalue weighted by Gasteiger charge is 2.30. The number of aliphatic hydroxyl groups excluding tert-OH is 1. The average Bonchev–Trinajstić information content (AvgIpc) is 3.10. The van der Waals surface area contributed by atoms with Gasteiger partial charge < -0.3 is 20.9 Å². The van der Waals surface area contributed by atoms with E-state index in [1.54, 1.807) is 7.05 Å². The van der Waals surface area contributed by atoms with Crippen molar-refractivity contribution in [3.05, 3.63) is 64.9 Å². The maximum atomic E-state index is 14.6. The first kappa shape index (κ1) is 25.7. The lowest BCUT2D eigenvalue weighted by Crippen LogP contribution is -2.32. The molecule has 0 spiro atoms. The minimum absolute atomic E-state index is 0.0164. The molecular formula is C24H25F4N5O3. The van der Waals surface area contributed by atoms with Crippen LogP contribution in [-0.4, -0.2) is 51.2 Å². The number of amides is 1. The van der Waals surface area contributed by atoms with Crippen molar-refractivity contribution in [2.75, 3.05) is 18.5 Å². The number of hydrogen-bond acceptors (Lipinski definition) is 6. The lowest BCUT2D eigenvalue weighted by atomic mass is 10.0. The molecule has 0 aliphatic carbocycles. The summed E-state index contributed by atoms with van der Waals surface area (Å²) in [7, 11) is 1.63. The Morgan fingerprint density at radius 3 is 2.64 bits per heavy atom. The van der Waals surface area contributed by atoms with E-state index in [4.69, 9.17) is 15.6 Å². The molecule has 2 aromatic heterocycles. The summed E-state index contributed by atoms with van der Waals surface area (Å²) in [6, 6.07) is 3.26. The third kappa shape index (κ3) is 5.25. The monoisotopic (exact) mass is 507 g/mol. The topological polar surface area (TPSA) is 115 Å². The fourth-order valence-electron chi connectivity index (χ4n) is 4.14. The number of nitrogens with zero attached hydrogens (tertiary/aromatic N) is 3. The van der Waals surface area contributed by atoms with Crippen LogP contribution >= 0.6 is 0 Å². The zero-order valence-electron chi connectivity index (χ0n) is 19.3. The van der Waals surface area contributed by atoms with Crippen LogP contribution in [0.3, 0.4) is 0 Å². The Morgan fingerprint density at radius 1 is 1.22 bits per heavy atom. The second kappa shape index (κ2) is 10.7. The zero-order chi connectivity index (χ0) is 26.0. The number of rotatable bonds is 6. The van der Waals surface area contributed by atoms with Gasteiger partial charge in [0.25, 0.3) is 5.91 Å². The number of aliphatic hydroxyl groups is 1. The van der Waals surface area contributed by atoms with Gasteiger partial charge in [-0.05, 0) is 49.1 Å². The SMILES string of the molecule is Cn1ncc(NC(=O)c2ccc(F)c(-c3c(F)cc(CCO)cc3F)n2)c1[C@@H]1CC[C@@H](N)[C@H](F)CO1. The number of aromatic nitrogens is 3. The lowest BCUT2D eigenvalue weighted by Gasteiger charge is -2.18. The van der Waals surface area contributed by atoms with Crippen molar-refractivity contribution >= 4 is 11.6 Å². The van der Waals surface area contributed by atoms with E-state index in [2.05, 4.69) is 15.4 Å². The van der Waals surface area contributed by atoms with E-state index < -0.39 is 52.9 Å². The minimum Gasteiger partial charge on any atom is -0.396 e. The number of nitrogens with one attached hydrogen (secondary N) is 1. The fraction of sp³-hybridized carbons (Fsp3) is 0.375. The van der Waals surface area contributed by atoms with Gasteiger partial charge >= 0.3 is 0 Å². The van der Waals surface area contributed by atoms with Gasteiger partial charge in [0, 0.05) is 19.7 Å². The molecule has 3 atom stereocenters. The number of ether oxygens (including phenoxy) is 1. The van der Waals surface area contributed by atoms with Gasteiger partial charge in [0.15, 0.2) is 0 Å². The van der Waals surface area contributed by atoms with Gasteiger partial charge in [-0.15, -0.1) is 0 Å². The van der Waals surface area contributed by atoms with Crippen LogP contribution in [0.4, 0.5) is 23.2 Å². The molecule has 8 nitrogen and oxygen atoms in total. The Balaban J connectivity index is 1.61. The van der Waals surface area contributed by atoms with Gasteiger partial charge in [0.2, 0.25) is 0 Å². The van der Waals surface area contributed by atoms with Crippen molar-refractivity contribution in [1.29, 1.82) is 0 Å². The van der Waals surface area contributed by atoms with Crippen molar-refractivity contribution in [3.8, 4) is 11.3 Å². The molecule has 0 bridgehead atoms. The Kier molecular flexibility index (Phi) is 7.67. The first-order chi connectivity index (χ1) is 17.2. The zero-order valence-corrected chi connectivity index (χ0v) is 19.3. The molecule has 12 heteroatoms. The molecule has 4 N–H and O–H groups in total. The maximum absolute atomic E-state index is 14.6. The van der Waals surface area contributed by atoms with Gasteiger partial charge in [-0.3, -0.25) is 9.48 Å². The number of halogens is 4. The predicted molar refractivity (Wildman–Crippen MR) is 122 cm³/mol. The number of benzene rings is 1. The second-order valence-corrected chi connectivity index (χ2v) is 8.54. The molecule has 3 aromatic rings. The van der Waals surface area contributed by atoms with E-state index >= 15 is 0 Å². The summed E-state index contributed by atoms with van der Waals surface area (Å²) in [6.45, 7) is -0.522. The molecule has 3 heterocycles. The molecule has 0 radical (unpaired) electrons. The highest BCUT2D eigenvalue weighted by molar-refractivity contribution is 6.03. The second-order valence-electron chi connectivity index (χ2n) is 8.54. The number of anilines is 1. The number of pyridine rings is 1. The number of carbonyl (C=O) groups is 1. The van der Waals surface area contributed by atoms with E-state index in [0.717, 1.165) is 24.3 Å². The molecule has 36 heavy (non-hydrogen) atoms. The summed E-state index contributed by atoms with van der Waals surface area (Å²) < 4.78 is 64.9. The van der Waals surface area contributed by atoms with E-state index in [9.17, 15) is 22.4 Å². The van der Waals surface area contributed by atoms with Crippen molar-refractivity contribution < 1.29 is 32.2 Å². The highest BCUT2D eigenvalue weighted by atomic mass is 19.1. The van der Waals surface area contributed by atoms with Crippen LogP contribution in [0.5, 0.6) is 0 Å². The Bertz CT molecular complexity index is 1230. The van der Waals surface area contributed by atoms with Crippen molar-refractivity contribution in [2.45, 2.75) is 37.6 Å².